The van der Waals surface area contributed by atoms with Gasteiger partial charge in [-0.1, -0.05) is 0 Å². The molecule has 1 rings (SSSR count). The number of aromatic amines is 1. The molecule has 1 aromatic rings. The van der Waals surface area contributed by atoms with E-state index in [0.717, 1.165) is 0 Å². The van der Waals surface area contributed by atoms with Gasteiger partial charge in [-0.2, -0.15) is 0 Å². The van der Waals surface area contributed by atoms with Gasteiger partial charge in [0.15, 0.2) is 0 Å². The second-order valence-corrected chi connectivity index (χ2v) is 6.85. The van der Waals surface area contributed by atoms with Gasteiger partial charge < -0.3 is 42.0 Å². The monoisotopic (exact) mass is 442 g/mol. The maximum atomic E-state index is 12.6. The first-order valence-corrected chi connectivity index (χ1v) is 9.19. The number of imidazole rings is 1. The van der Waals surface area contributed by atoms with Crippen LogP contribution in [-0.2, 0) is 30.4 Å². The van der Waals surface area contributed by atoms with Gasteiger partial charge in [-0.05, 0) is 13.8 Å². The van der Waals surface area contributed by atoms with Crippen LogP contribution in [0.3, 0.4) is 0 Å². The Morgan fingerprint density at radius 3 is 2.10 bits per heavy atom. The van der Waals surface area contributed by atoms with Crippen molar-refractivity contribution < 1.29 is 39.3 Å². The summed E-state index contributed by atoms with van der Waals surface area (Å²) in [6.07, 6.45) is 0.287. The molecule has 1 heterocycles. The van der Waals surface area contributed by atoms with E-state index in [0.29, 0.717) is 5.69 Å². The van der Waals surface area contributed by atoms with E-state index < -0.39 is 66.4 Å². The highest BCUT2D eigenvalue weighted by Crippen LogP contribution is 2.04. The van der Waals surface area contributed by atoms with Crippen molar-refractivity contribution >= 4 is 29.7 Å². The normalized spacial score (nSPS) is 15.6. The summed E-state index contributed by atoms with van der Waals surface area (Å²) in [6.45, 7) is 2.61. The Balaban J connectivity index is 3.04. The lowest BCUT2D eigenvalue weighted by molar-refractivity contribution is -0.147. The van der Waals surface area contributed by atoms with E-state index in [9.17, 15) is 29.1 Å². The van der Waals surface area contributed by atoms with Crippen molar-refractivity contribution in [1.29, 1.82) is 0 Å². The van der Waals surface area contributed by atoms with E-state index in [4.69, 9.17) is 15.9 Å². The molecule has 0 saturated carbocycles. The van der Waals surface area contributed by atoms with Crippen LogP contribution in [0.25, 0.3) is 0 Å². The highest BCUT2D eigenvalue weighted by Gasteiger charge is 2.32. The van der Waals surface area contributed by atoms with Crippen LogP contribution in [0.1, 0.15) is 26.0 Å². The number of carbonyl (C=O) groups is 5. The minimum absolute atomic E-state index is 0.162. The molecule has 0 fully saturated rings. The lowest BCUT2D eigenvalue weighted by Crippen LogP contribution is -2.60. The highest BCUT2D eigenvalue weighted by molar-refractivity contribution is 5.94. The first kappa shape index (κ1) is 25.5. The van der Waals surface area contributed by atoms with Gasteiger partial charge in [-0.3, -0.25) is 19.2 Å². The topological polar surface area (TPSA) is 237 Å². The predicted octanol–water partition coefficient (Wildman–Crippen LogP) is -3.31. The van der Waals surface area contributed by atoms with Gasteiger partial charge in [0.1, 0.15) is 18.1 Å². The molecule has 0 aliphatic rings. The summed E-state index contributed by atoms with van der Waals surface area (Å²) in [5.41, 5.74) is 5.84. The number of hydrogen-bond acceptors (Lipinski definition) is 8. The zero-order valence-corrected chi connectivity index (χ0v) is 16.9. The Morgan fingerprint density at radius 2 is 1.65 bits per heavy atom. The number of rotatable bonds is 12. The predicted molar refractivity (Wildman–Crippen MR) is 103 cm³/mol. The van der Waals surface area contributed by atoms with Crippen molar-refractivity contribution in [3.05, 3.63) is 18.2 Å². The number of nitrogens with two attached hydrogens (primary N) is 1. The van der Waals surface area contributed by atoms with Crippen molar-refractivity contribution in [1.82, 2.24) is 25.9 Å². The Labute approximate surface area is 176 Å². The van der Waals surface area contributed by atoms with Crippen molar-refractivity contribution in [2.24, 2.45) is 5.73 Å². The summed E-state index contributed by atoms with van der Waals surface area (Å²) in [5.74, 6) is -5.67. The van der Waals surface area contributed by atoms with Crippen LogP contribution in [-0.4, -0.2) is 85.2 Å². The number of carbonyl (C=O) groups excluding carboxylic acids is 3. The largest absolute Gasteiger partial charge is 0.481 e. The van der Waals surface area contributed by atoms with Crippen LogP contribution in [0.4, 0.5) is 0 Å². The number of aliphatic hydroxyl groups is 1. The van der Waals surface area contributed by atoms with E-state index in [2.05, 4.69) is 25.9 Å². The fourth-order valence-electron chi connectivity index (χ4n) is 2.42. The molecular weight excluding hydrogens is 416 g/mol. The molecule has 3 amide bonds. The van der Waals surface area contributed by atoms with Gasteiger partial charge >= 0.3 is 11.9 Å². The number of amides is 3. The summed E-state index contributed by atoms with van der Waals surface area (Å²) < 4.78 is 0. The molecule has 9 N–H and O–H groups in total. The zero-order chi connectivity index (χ0) is 23.7. The third kappa shape index (κ3) is 8.39. The Morgan fingerprint density at radius 1 is 1.03 bits per heavy atom. The standard InChI is InChI=1S/C17H26N6O8/c1-7(18)14(27)23-13(8(2)24)16(29)21-10(3-9-5-19-6-20-9)15(28)22-11(17(30)31)4-12(25)26/h5-8,10-11,13,24H,3-4,18H2,1-2H3,(H,19,20)(H,21,29)(H,22,28)(H,23,27)(H,25,26)(H,30,31). The van der Waals surface area contributed by atoms with E-state index in [1.54, 1.807) is 0 Å². The minimum Gasteiger partial charge on any atom is -0.481 e. The van der Waals surface area contributed by atoms with Gasteiger partial charge in [0.25, 0.3) is 0 Å². The molecule has 14 nitrogen and oxygen atoms in total. The molecule has 14 heteroatoms. The maximum absolute atomic E-state index is 12.6. The third-order valence-electron chi connectivity index (χ3n) is 4.08. The van der Waals surface area contributed by atoms with Crippen molar-refractivity contribution in [2.75, 3.05) is 0 Å². The van der Waals surface area contributed by atoms with Crippen molar-refractivity contribution in [3.8, 4) is 0 Å². The molecule has 0 aromatic carbocycles. The lowest BCUT2D eigenvalue weighted by Gasteiger charge is -2.25. The minimum atomic E-state index is -1.74. The Kier molecular flexibility index (Phi) is 9.56. The summed E-state index contributed by atoms with van der Waals surface area (Å²) >= 11 is 0. The number of H-pyrrole nitrogens is 1. The fraction of sp³-hybridized carbons (Fsp3) is 0.529. The molecule has 5 unspecified atom stereocenters. The van der Waals surface area contributed by atoms with Crippen LogP contribution in [0.15, 0.2) is 12.5 Å². The van der Waals surface area contributed by atoms with Crippen LogP contribution in [0.5, 0.6) is 0 Å². The lowest BCUT2D eigenvalue weighted by atomic mass is 10.1. The molecule has 0 aliphatic carbocycles. The average molecular weight is 442 g/mol. The number of carboxylic acids is 2. The summed E-state index contributed by atoms with van der Waals surface area (Å²) in [4.78, 5) is 65.7. The Hall–Kier alpha value is -3.52. The van der Waals surface area contributed by atoms with Crippen LogP contribution < -0.4 is 21.7 Å². The van der Waals surface area contributed by atoms with Gasteiger partial charge in [0.2, 0.25) is 17.7 Å². The molecule has 5 atom stereocenters. The van der Waals surface area contributed by atoms with E-state index >= 15 is 0 Å². The van der Waals surface area contributed by atoms with Crippen molar-refractivity contribution in [3.63, 3.8) is 0 Å². The van der Waals surface area contributed by atoms with E-state index in [1.165, 1.54) is 26.4 Å². The Bertz CT molecular complexity index is 795. The molecule has 0 spiro atoms. The molecule has 0 radical (unpaired) electrons. The third-order valence-corrected chi connectivity index (χ3v) is 4.08. The van der Waals surface area contributed by atoms with E-state index in [-0.39, 0.29) is 6.42 Å². The molecule has 0 aliphatic heterocycles. The number of nitrogens with one attached hydrogen (secondary N) is 4. The first-order chi connectivity index (χ1) is 14.4. The molecule has 0 bridgehead atoms. The number of aromatic nitrogens is 2. The summed E-state index contributed by atoms with van der Waals surface area (Å²) in [6, 6.07) is -5.54. The second kappa shape index (κ2) is 11.6. The van der Waals surface area contributed by atoms with Gasteiger partial charge in [-0.25, -0.2) is 9.78 Å². The number of aliphatic hydroxyl groups excluding tert-OH is 1. The molecule has 31 heavy (non-hydrogen) atoms. The van der Waals surface area contributed by atoms with Crippen LogP contribution >= 0.6 is 0 Å². The smallest absolute Gasteiger partial charge is 0.326 e. The van der Waals surface area contributed by atoms with Gasteiger partial charge in [0.05, 0.1) is 24.9 Å². The SMILES string of the molecule is CC(N)C(=O)NC(C(=O)NC(Cc1cnc[nH]1)C(=O)NC(CC(=O)O)C(=O)O)C(C)O. The zero-order valence-electron chi connectivity index (χ0n) is 16.9. The van der Waals surface area contributed by atoms with E-state index in [1.807, 2.05) is 0 Å². The molecule has 0 saturated heterocycles. The summed E-state index contributed by atoms with van der Waals surface area (Å²) in [7, 11) is 0. The number of nitrogens with zero attached hydrogens (tertiary/aromatic N) is 1. The molecule has 1 aromatic heterocycles. The van der Waals surface area contributed by atoms with Gasteiger partial charge in [0, 0.05) is 18.3 Å². The van der Waals surface area contributed by atoms with Gasteiger partial charge in [-0.15, -0.1) is 0 Å². The number of aliphatic carboxylic acids is 2. The quantitative estimate of drug-likeness (QED) is 0.160. The van der Waals surface area contributed by atoms with Crippen LogP contribution in [0, 0.1) is 0 Å². The average Bonchev–Trinajstić information content (AvgIpc) is 3.16. The number of hydrogen-bond donors (Lipinski definition) is 8. The molecular formula is C17H26N6O8. The summed E-state index contributed by atoms with van der Waals surface area (Å²) in [5, 5.41) is 34.4. The maximum Gasteiger partial charge on any atom is 0.326 e. The second-order valence-electron chi connectivity index (χ2n) is 6.85. The van der Waals surface area contributed by atoms with Crippen molar-refractivity contribution in [2.45, 2.75) is 57.0 Å². The molecule has 172 valence electrons. The van der Waals surface area contributed by atoms with Crippen LogP contribution in [0.2, 0.25) is 0 Å². The number of carboxylic acid groups (broad SMARTS) is 2. The highest BCUT2D eigenvalue weighted by atomic mass is 16.4. The fourth-order valence-corrected chi connectivity index (χ4v) is 2.42. The first-order valence-electron chi connectivity index (χ1n) is 9.19.